The van der Waals surface area contributed by atoms with E-state index in [-0.39, 0.29) is 11.9 Å². The molecule has 1 atom stereocenters. The normalized spacial score (nSPS) is 15.8. The van der Waals surface area contributed by atoms with Crippen LogP contribution in [0.15, 0.2) is 22.1 Å². The van der Waals surface area contributed by atoms with Crippen molar-refractivity contribution < 1.29 is 9.32 Å². The summed E-state index contributed by atoms with van der Waals surface area (Å²) in [5.41, 5.74) is 4.31. The fraction of sp³-hybridized carbons (Fsp3) is 0.545. The Labute approximate surface area is 172 Å². The summed E-state index contributed by atoms with van der Waals surface area (Å²) >= 11 is 1.72. The van der Waals surface area contributed by atoms with Gasteiger partial charge in [0.25, 0.3) is 5.91 Å². The average Bonchev–Trinajstić information content (AvgIpc) is 3.25. The summed E-state index contributed by atoms with van der Waals surface area (Å²) in [6.07, 6.45) is 5.95. The lowest BCUT2D eigenvalue weighted by molar-refractivity contribution is 0.0711. The molecule has 152 valence electrons. The highest BCUT2D eigenvalue weighted by molar-refractivity contribution is 7.10. The van der Waals surface area contributed by atoms with E-state index in [2.05, 4.69) is 35.4 Å². The molecule has 3 rings (SSSR count). The summed E-state index contributed by atoms with van der Waals surface area (Å²) in [6.45, 7) is 13.6. The third-order valence-corrected chi connectivity index (χ3v) is 6.75. The Bertz CT molecular complexity index is 833. The molecule has 1 aliphatic rings. The first kappa shape index (κ1) is 20.8. The molecule has 1 aliphatic heterocycles. The molecule has 28 heavy (non-hydrogen) atoms. The lowest BCUT2D eigenvalue weighted by Gasteiger charge is -2.30. The van der Waals surface area contributed by atoms with Gasteiger partial charge in [0.2, 0.25) is 0 Å². The van der Waals surface area contributed by atoms with Crippen LogP contribution in [0.1, 0.15) is 65.0 Å². The molecule has 0 bridgehead atoms. The van der Waals surface area contributed by atoms with E-state index < -0.39 is 0 Å². The maximum Gasteiger partial charge on any atom is 0.255 e. The molecule has 0 fully saturated rings. The van der Waals surface area contributed by atoms with Crippen molar-refractivity contribution in [2.24, 2.45) is 0 Å². The number of amides is 1. The van der Waals surface area contributed by atoms with Gasteiger partial charge in [0.15, 0.2) is 0 Å². The molecule has 0 N–H and O–H groups in total. The lowest BCUT2D eigenvalue weighted by atomic mass is 10.0. The van der Waals surface area contributed by atoms with Crippen LogP contribution in [0, 0.1) is 13.8 Å². The maximum absolute atomic E-state index is 13.3. The number of allylic oxidation sites excluding steroid dienone is 1. The van der Waals surface area contributed by atoms with Crippen molar-refractivity contribution in [3.63, 3.8) is 0 Å². The number of hydrogen-bond donors (Lipinski definition) is 0. The van der Waals surface area contributed by atoms with Crippen LogP contribution in [0.3, 0.4) is 0 Å². The number of hydrogen-bond acceptors (Lipinski definition) is 5. The van der Waals surface area contributed by atoms with Gasteiger partial charge in [0.1, 0.15) is 5.76 Å². The molecule has 2 aromatic heterocycles. The standard InChI is InChI=1S/C22H31N3O2S/c1-6-8-10-25(15(3)7-2)22(26)20-14-28-21-13-24(11-9-18(20)21)12-19-16(4)23-27-17(19)5/h6,8,14-15H,7,9-13H2,1-5H3/b8-6+/t15-/m1/s1. The average molecular weight is 402 g/mol. The number of thiophene rings is 1. The monoisotopic (exact) mass is 401 g/mol. The van der Waals surface area contributed by atoms with Crippen LogP contribution in [0.2, 0.25) is 0 Å². The van der Waals surface area contributed by atoms with Gasteiger partial charge in [-0.2, -0.15) is 0 Å². The molecule has 2 aromatic rings. The van der Waals surface area contributed by atoms with Gasteiger partial charge in [-0.1, -0.05) is 24.2 Å². The fourth-order valence-corrected chi connectivity index (χ4v) is 4.82. The van der Waals surface area contributed by atoms with Gasteiger partial charge in [0.05, 0.1) is 11.3 Å². The summed E-state index contributed by atoms with van der Waals surface area (Å²) < 4.78 is 5.30. The molecule has 0 saturated heterocycles. The zero-order valence-electron chi connectivity index (χ0n) is 17.6. The van der Waals surface area contributed by atoms with Gasteiger partial charge in [-0.05, 0) is 46.1 Å². The summed E-state index contributed by atoms with van der Waals surface area (Å²) in [5.74, 6) is 1.07. The number of fused-ring (bicyclic) bond motifs is 1. The predicted octanol–water partition coefficient (Wildman–Crippen LogP) is 4.73. The quantitative estimate of drug-likeness (QED) is 0.630. The summed E-state index contributed by atoms with van der Waals surface area (Å²) in [5, 5.41) is 6.13. The van der Waals surface area contributed by atoms with Gasteiger partial charge in [-0.15, -0.1) is 11.3 Å². The van der Waals surface area contributed by atoms with Crippen LogP contribution in [0.25, 0.3) is 0 Å². The Morgan fingerprint density at radius 3 is 2.89 bits per heavy atom. The van der Waals surface area contributed by atoms with Crippen molar-refractivity contribution in [3.8, 4) is 0 Å². The van der Waals surface area contributed by atoms with Crippen molar-refractivity contribution in [2.75, 3.05) is 13.1 Å². The van der Waals surface area contributed by atoms with Crippen LogP contribution in [-0.2, 0) is 19.5 Å². The second-order valence-corrected chi connectivity index (χ2v) is 8.56. The number of nitrogens with zero attached hydrogens (tertiary/aromatic N) is 3. The topological polar surface area (TPSA) is 49.6 Å². The molecule has 0 spiro atoms. The number of carbonyl (C=O) groups is 1. The van der Waals surface area contributed by atoms with E-state index in [9.17, 15) is 4.79 Å². The van der Waals surface area contributed by atoms with E-state index in [1.54, 1.807) is 11.3 Å². The Kier molecular flexibility index (Phi) is 6.73. The minimum atomic E-state index is 0.170. The van der Waals surface area contributed by atoms with E-state index in [4.69, 9.17) is 4.52 Å². The number of rotatable bonds is 7. The SMILES string of the molecule is C/C=C/CN(C(=O)c1csc2c1CCN(Cc1c(C)noc1C)C2)[C@H](C)CC. The van der Waals surface area contributed by atoms with Gasteiger partial charge < -0.3 is 9.42 Å². The maximum atomic E-state index is 13.3. The summed E-state index contributed by atoms with van der Waals surface area (Å²) in [4.78, 5) is 19.0. The molecule has 3 heterocycles. The Hall–Kier alpha value is -1.92. The third kappa shape index (κ3) is 4.23. The van der Waals surface area contributed by atoms with E-state index in [0.717, 1.165) is 49.5 Å². The number of aromatic nitrogens is 1. The third-order valence-electron chi connectivity index (χ3n) is 5.74. The molecule has 6 heteroatoms. The van der Waals surface area contributed by atoms with Crippen molar-refractivity contribution >= 4 is 17.2 Å². The van der Waals surface area contributed by atoms with Crippen molar-refractivity contribution in [1.29, 1.82) is 0 Å². The number of aryl methyl sites for hydroxylation is 2. The fourth-order valence-electron chi connectivity index (χ4n) is 3.70. The molecule has 0 aliphatic carbocycles. The van der Waals surface area contributed by atoms with Crippen LogP contribution in [0.5, 0.6) is 0 Å². The predicted molar refractivity (Wildman–Crippen MR) is 114 cm³/mol. The van der Waals surface area contributed by atoms with Crippen molar-refractivity contribution in [2.45, 2.75) is 66.6 Å². The second-order valence-electron chi connectivity index (χ2n) is 7.60. The first-order valence-corrected chi connectivity index (χ1v) is 11.0. The molecule has 1 amide bonds. The second kappa shape index (κ2) is 9.05. The van der Waals surface area contributed by atoms with Gasteiger partial charge in [0, 0.05) is 48.0 Å². The minimum Gasteiger partial charge on any atom is -0.361 e. The van der Waals surface area contributed by atoms with E-state index in [1.165, 1.54) is 16.0 Å². The molecular weight excluding hydrogens is 370 g/mol. The van der Waals surface area contributed by atoms with Crippen LogP contribution in [-0.4, -0.2) is 40.0 Å². The molecule has 0 radical (unpaired) electrons. The zero-order valence-corrected chi connectivity index (χ0v) is 18.4. The number of carbonyl (C=O) groups excluding carboxylic acids is 1. The van der Waals surface area contributed by atoms with E-state index >= 15 is 0 Å². The van der Waals surface area contributed by atoms with Crippen molar-refractivity contribution in [1.82, 2.24) is 15.0 Å². The lowest BCUT2D eigenvalue weighted by Crippen LogP contribution is -2.39. The van der Waals surface area contributed by atoms with Gasteiger partial charge >= 0.3 is 0 Å². The molecule has 0 aromatic carbocycles. The zero-order chi connectivity index (χ0) is 20.3. The Morgan fingerprint density at radius 1 is 1.46 bits per heavy atom. The van der Waals surface area contributed by atoms with Crippen LogP contribution in [0.4, 0.5) is 0 Å². The summed E-state index contributed by atoms with van der Waals surface area (Å²) in [6, 6.07) is 0.235. The van der Waals surface area contributed by atoms with Crippen molar-refractivity contribution in [3.05, 3.63) is 50.6 Å². The van der Waals surface area contributed by atoms with E-state index in [0.29, 0.717) is 6.54 Å². The van der Waals surface area contributed by atoms with Crippen LogP contribution >= 0.6 is 11.3 Å². The van der Waals surface area contributed by atoms with Crippen LogP contribution < -0.4 is 0 Å². The minimum absolute atomic E-state index is 0.170. The van der Waals surface area contributed by atoms with E-state index in [1.807, 2.05) is 31.7 Å². The molecule has 0 unspecified atom stereocenters. The summed E-state index contributed by atoms with van der Waals surface area (Å²) in [7, 11) is 0. The first-order chi connectivity index (χ1) is 13.5. The molecule has 5 nitrogen and oxygen atoms in total. The Morgan fingerprint density at radius 2 is 2.25 bits per heavy atom. The Balaban J connectivity index is 1.76. The highest BCUT2D eigenvalue weighted by Gasteiger charge is 2.28. The first-order valence-electron chi connectivity index (χ1n) is 10.1. The smallest absolute Gasteiger partial charge is 0.255 e. The van der Waals surface area contributed by atoms with Gasteiger partial charge in [-0.25, -0.2) is 0 Å². The van der Waals surface area contributed by atoms with Gasteiger partial charge in [-0.3, -0.25) is 9.69 Å². The molecule has 0 saturated carbocycles. The largest absolute Gasteiger partial charge is 0.361 e. The highest BCUT2D eigenvalue weighted by atomic mass is 32.1. The highest BCUT2D eigenvalue weighted by Crippen LogP contribution is 2.31. The molecular formula is C22H31N3O2S.